The Kier molecular flexibility index (Phi) is 4.63. The van der Waals surface area contributed by atoms with Crippen LogP contribution in [-0.2, 0) is 0 Å². The van der Waals surface area contributed by atoms with Crippen molar-refractivity contribution >= 4 is 64.2 Å². The lowest BCUT2D eigenvalue weighted by molar-refractivity contribution is 0.487. The van der Waals surface area contributed by atoms with Crippen LogP contribution in [0.2, 0.25) is 0 Å². The molecular formula is C40H22O2S. The fraction of sp³-hybridized carbons (Fsp3) is 0. The standard InChI is InChI=1S/C40H22O2S/c1-3-11-33-28(8-1)32-20-26(19-25-7-5-12-34(41-33)39(25)32)23-15-17-29-30-18-16-24(22-36(30)42-35(29)21-23)27-10-6-14-38-40(27)31-9-2-4-13-37(31)43-38/h1-22H. The maximum Gasteiger partial charge on any atom is 0.136 e. The van der Waals surface area contributed by atoms with Gasteiger partial charge in [-0.05, 0) is 93.9 Å². The number of ether oxygens (including phenoxy) is 1. The number of hydrogen-bond donors (Lipinski definition) is 0. The van der Waals surface area contributed by atoms with Gasteiger partial charge in [0, 0.05) is 41.9 Å². The number of rotatable bonds is 2. The molecule has 43 heavy (non-hydrogen) atoms. The first-order chi connectivity index (χ1) is 21.3. The predicted molar refractivity (Wildman–Crippen MR) is 180 cm³/mol. The van der Waals surface area contributed by atoms with Crippen molar-refractivity contribution in [1.82, 2.24) is 0 Å². The van der Waals surface area contributed by atoms with E-state index < -0.39 is 0 Å². The average molecular weight is 567 g/mol. The van der Waals surface area contributed by atoms with Gasteiger partial charge in [-0.15, -0.1) is 11.3 Å². The van der Waals surface area contributed by atoms with Gasteiger partial charge in [-0.3, -0.25) is 0 Å². The quantitative estimate of drug-likeness (QED) is 0.208. The van der Waals surface area contributed by atoms with Crippen molar-refractivity contribution in [1.29, 1.82) is 0 Å². The topological polar surface area (TPSA) is 22.4 Å². The first-order valence-corrected chi connectivity index (χ1v) is 15.3. The maximum absolute atomic E-state index is 6.57. The van der Waals surface area contributed by atoms with Gasteiger partial charge in [-0.1, -0.05) is 72.8 Å². The van der Waals surface area contributed by atoms with E-state index >= 15 is 0 Å². The van der Waals surface area contributed by atoms with Crippen molar-refractivity contribution in [3.63, 3.8) is 0 Å². The summed E-state index contributed by atoms with van der Waals surface area (Å²) in [7, 11) is 0. The summed E-state index contributed by atoms with van der Waals surface area (Å²) >= 11 is 1.85. The molecule has 200 valence electrons. The van der Waals surface area contributed by atoms with Crippen LogP contribution in [0.25, 0.3) is 86.3 Å². The first-order valence-electron chi connectivity index (χ1n) is 14.5. The second-order valence-corrected chi connectivity index (χ2v) is 12.4. The highest BCUT2D eigenvalue weighted by Crippen LogP contribution is 2.48. The molecule has 0 radical (unpaired) electrons. The molecule has 0 saturated carbocycles. The molecule has 1 aliphatic rings. The van der Waals surface area contributed by atoms with Gasteiger partial charge in [-0.2, -0.15) is 0 Å². The van der Waals surface area contributed by atoms with Crippen molar-refractivity contribution < 1.29 is 9.15 Å². The summed E-state index contributed by atoms with van der Waals surface area (Å²) in [5.41, 5.74) is 8.84. The number of hydrogen-bond acceptors (Lipinski definition) is 3. The molecule has 0 aliphatic carbocycles. The molecule has 2 nitrogen and oxygen atoms in total. The Morgan fingerprint density at radius 1 is 0.419 bits per heavy atom. The molecule has 0 N–H and O–H groups in total. The van der Waals surface area contributed by atoms with Crippen LogP contribution in [0, 0.1) is 0 Å². The van der Waals surface area contributed by atoms with Gasteiger partial charge in [0.2, 0.25) is 0 Å². The molecule has 0 spiro atoms. The van der Waals surface area contributed by atoms with Gasteiger partial charge in [0.1, 0.15) is 22.7 Å². The molecule has 0 fully saturated rings. The van der Waals surface area contributed by atoms with E-state index in [1.165, 1.54) is 42.2 Å². The fourth-order valence-electron chi connectivity index (χ4n) is 6.89. The zero-order valence-electron chi connectivity index (χ0n) is 22.9. The van der Waals surface area contributed by atoms with Crippen LogP contribution in [-0.4, -0.2) is 0 Å². The monoisotopic (exact) mass is 566 g/mol. The second-order valence-electron chi connectivity index (χ2n) is 11.3. The van der Waals surface area contributed by atoms with Crippen LogP contribution in [0.15, 0.2) is 138 Å². The molecule has 0 bridgehead atoms. The number of benzene rings is 7. The van der Waals surface area contributed by atoms with Gasteiger partial charge in [0.15, 0.2) is 0 Å². The number of thiophene rings is 1. The van der Waals surface area contributed by atoms with E-state index in [1.54, 1.807) is 0 Å². The molecule has 10 rings (SSSR count). The van der Waals surface area contributed by atoms with Gasteiger partial charge in [-0.25, -0.2) is 0 Å². The Balaban J connectivity index is 1.13. The summed E-state index contributed by atoms with van der Waals surface area (Å²) in [5, 5.41) is 7.23. The summed E-state index contributed by atoms with van der Waals surface area (Å²) in [6.07, 6.45) is 0. The molecule has 2 aromatic heterocycles. The Morgan fingerprint density at radius 3 is 2.07 bits per heavy atom. The van der Waals surface area contributed by atoms with Crippen LogP contribution in [0.4, 0.5) is 0 Å². The summed E-state index contributed by atoms with van der Waals surface area (Å²) in [5.74, 6) is 1.81. The molecule has 3 heteroatoms. The average Bonchev–Trinajstić information content (AvgIpc) is 3.62. The van der Waals surface area contributed by atoms with Crippen LogP contribution >= 0.6 is 11.3 Å². The lowest BCUT2D eigenvalue weighted by atomic mass is 9.90. The highest BCUT2D eigenvalue weighted by atomic mass is 32.1. The van der Waals surface area contributed by atoms with Gasteiger partial charge < -0.3 is 9.15 Å². The van der Waals surface area contributed by atoms with E-state index in [9.17, 15) is 0 Å². The van der Waals surface area contributed by atoms with Crippen molar-refractivity contribution in [2.45, 2.75) is 0 Å². The van der Waals surface area contributed by atoms with Crippen molar-refractivity contribution in [3.8, 4) is 44.9 Å². The maximum atomic E-state index is 6.57. The number of para-hydroxylation sites is 1. The van der Waals surface area contributed by atoms with Gasteiger partial charge >= 0.3 is 0 Å². The first kappa shape index (κ1) is 23.2. The van der Waals surface area contributed by atoms with Crippen LogP contribution in [0.3, 0.4) is 0 Å². The normalized spacial score (nSPS) is 12.4. The van der Waals surface area contributed by atoms with E-state index in [1.807, 2.05) is 23.5 Å². The lowest BCUT2D eigenvalue weighted by Gasteiger charge is -2.22. The largest absolute Gasteiger partial charge is 0.456 e. The van der Waals surface area contributed by atoms with E-state index in [0.29, 0.717) is 0 Å². The molecule has 9 aromatic rings. The molecule has 7 aromatic carbocycles. The lowest BCUT2D eigenvalue weighted by Crippen LogP contribution is -1.97. The summed E-state index contributed by atoms with van der Waals surface area (Å²) < 4.78 is 15.5. The minimum atomic E-state index is 0.898. The third kappa shape index (κ3) is 3.34. The van der Waals surface area contributed by atoms with Crippen molar-refractivity contribution in [3.05, 3.63) is 133 Å². The Morgan fingerprint density at radius 2 is 1.14 bits per heavy atom. The van der Waals surface area contributed by atoms with E-state index in [4.69, 9.17) is 9.15 Å². The van der Waals surface area contributed by atoms with Gasteiger partial charge in [0.25, 0.3) is 0 Å². The third-order valence-electron chi connectivity index (χ3n) is 8.86. The molecule has 0 amide bonds. The Hall–Kier alpha value is -5.38. The van der Waals surface area contributed by atoms with Crippen LogP contribution in [0.5, 0.6) is 11.5 Å². The van der Waals surface area contributed by atoms with E-state index in [0.717, 1.165) is 55.5 Å². The molecular weight excluding hydrogens is 545 g/mol. The van der Waals surface area contributed by atoms with Gasteiger partial charge in [0.05, 0.1) is 0 Å². The SMILES string of the molecule is c1ccc2c(c1)Oc1cccc3cc(-c4ccc5c(c4)oc4cc(-c6cccc7sc8ccccc8c67)ccc45)cc-2c13. The zero-order valence-corrected chi connectivity index (χ0v) is 23.7. The number of furan rings is 1. The van der Waals surface area contributed by atoms with E-state index in [2.05, 4.69) is 121 Å². The second kappa shape index (κ2) is 8.57. The molecule has 0 saturated heterocycles. The van der Waals surface area contributed by atoms with Crippen LogP contribution in [0.1, 0.15) is 0 Å². The molecule has 0 atom stereocenters. The third-order valence-corrected chi connectivity index (χ3v) is 9.99. The molecule has 3 heterocycles. The smallest absolute Gasteiger partial charge is 0.136 e. The summed E-state index contributed by atoms with van der Waals surface area (Å²) in [6.45, 7) is 0. The predicted octanol–water partition coefficient (Wildman–Crippen LogP) is 12.2. The highest BCUT2D eigenvalue weighted by Gasteiger charge is 2.21. The summed E-state index contributed by atoms with van der Waals surface area (Å²) in [4.78, 5) is 0. The zero-order chi connectivity index (χ0) is 28.1. The van der Waals surface area contributed by atoms with Crippen molar-refractivity contribution in [2.75, 3.05) is 0 Å². The Bertz CT molecular complexity index is 2600. The number of fused-ring (bicyclic) bond motifs is 8. The highest BCUT2D eigenvalue weighted by molar-refractivity contribution is 7.25. The van der Waals surface area contributed by atoms with E-state index in [-0.39, 0.29) is 0 Å². The minimum Gasteiger partial charge on any atom is -0.456 e. The minimum absolute atomic E-state index is 0.898. The summed E-state index contributed by atoms with van der Waals surface area (Å²) in [6, 6.07) is 47.7. The van der Waals surface area contributed by atoms with Crippen LogP contribution < -0.4 is 4.74 Å². The fourth-order valence-corrected chi connectivity index (χ4v) is 8.03. The molecule has 0 unspecified atom stereocenters. The Labute approximate surface area is 251 Å². The molecule has 1 aliphatic heterocycles. The van der Waals surface area contributed by atoms with Crippen molar-refractivity contribution in [2.24, 2.45) is 0 Å².